The van der Waals surface area contributed by atoms with E-state index in [9.17, 15) is 19.1 Å². The molecule has 0 amide bonds. The first-order valence-electron chi connectivity index (χ1n) is 4.85. The summed E-state index contributed by atoms with van der Waals surface area (Å²) in [4.78, 5) is 21.7. The predicted molar refractivity (Wildman–Crippen MR) is 56.3 cm³/mol. The lowest BCUT2D eigenvalue weighted by atomic mass is 10.0. The van der Waals surface area contributed by atoms with Crippen LogP contribution in [0.4, 0.5) is 4.39 Å². The van der Waals surface area contributed by atoms with Gasteiger partial charge in [-0.2, -0.15) is 0 Å². The maximum absolute atomic E-state index is 13.8. The second-order valence-electron chi connectivity index (χ2n) is 3.43. The van der Waals surface area contributed by atoms with Crippen LogP contribution in [-0.4, -0.2) is 40.5 Å². The Morgan fingerprint density at radius 1 is 1.33 bits per heavy atom. The number of methoxy groups -OCH3 is 1. The zero-order valence-corrected chi connectivity index (χ0v) is 9.33. The molecule has 1 aromatic rings. The van der Waals surface area contributed by atoms with Crippen LogP contribution < -0.4 is 0 Å². The largest absolute Gasteiger partial charge is 0.479 e. The van der Waals surface area contributed by atoms with Crippen LogP contribution in [0, 0.1) is 5.82 Å². The number of hydrogen-bond donors (Lipinski definition) is 3. The van der Waals surface area contributed by atoms with Gasteiger partial charge >= 0.3 is 11.9 Å². The molecule has 0 bridgehead atoms. The zero-order chi connectivity index (χ0) is 13.9. The second-order valence-corrected chi connectivity index (χ2v) is 3.43. The Hall–Kier alpha value is -1.99. The lowest BCUT2D eigenvalue weighted by Gasteiger charge is -2.16. The maximum Gasteiger partial charge on any atom is 0.340 e. The third kappa shape index (κ3) is 2.63. The third-order valence-electron chi connectivity index (χ3n) is 2.30. The van der Waals surface area contributed by atoms with Gasteiger partial charge in [-0.05, 0) is 6.07 Å². The Kier molecular flexibility index (Phi) is 4.35. The summed E-state index contributed by atoms with van der Waals surface area (Å²) in [5.74, 6) is -3.80. The van der Waals surface area contributed by atoms with Gasteiger partial charge in [-0.3, -0.25) is 0 Å². The van der Waals surface area contributed by atoms with Gasteiger partial charge in [-0.25, -0.2) is 14.0 Å². The Morgan fingerprint density at radius 2 is 1.94 bits per heavy atom. The van der Waals surface area contributed by atoms with Gasteiger partial charge in [-0.1, -0.05) is 12.1 Å². The lowest BCUT2D eigenvalue weighted by molar-refractivity contribution is -0.153. The molecule has 0 aromatic heterocycles. The fourth-order valence-electron chi connectivity index (χ4n) is 1.35. The van der Waals surface area contributed by atoms with Gasteiger partial charge in [0.2, 0.25) is 0 Å². The summed E-state index contributed by atoms with van der Waals surface area (Å²) in [7, 11) is 1.05. The number of carbonyl (C=O) groups excluding carboxylic acids is 1. The van der Waals surface area contributed by atoms with Crippen molar-refractivity contribution in [2.24, 2.45) is 0 Å². The molecule has 1 rings (SSSR count). The molecule has 3 N–H and O–H groups in total. The summed E-state index contributed by atoms with van der Waals surface area (Å²) < 4.78 is 18.1. The first kappa shape index (κ1) is 14.1. The molecule has 98 valence electrons. The van der Waals surface area contributed by atoms with Gasteiger partial charge < -0.3 is 20.1 Å². The fourth-order valence-corrected chi connectivity index (χ4v) is 1.35. The van der Waals surface area contributed by atoms with Crippen LogP contribution in [0.1, 0.15) is 22.0 Å². The van der Waals surface area contributed by atoms with E-state index in [-0.39, 0.29) is 0 Å². The minimum atomic E-state index is -2.19. The maximum atomic E-state index is 13.8. The highest BCUT2D eigenvalue weighted by Gasteiger charge is 2.29. The molecule has 0 spiro atoms. The number of benzene rings is 1. The molecule has 0 radical (unpaired) electrons. The van der Waals surface area contributed by atoms with Crippen molar-refractivity contribution in [1.29, 1.82) is 0 Å². The number of rotatable bonds is 4. The van der Waals surface area contributed by atoms with Gasteiger partial charge in [0.05, 0.1) is 12.7 Å². The van der Waals surface area contributed by atoms with Gasteiger partial charge in [0.1, 0.15) is 11.9 Å². The summed E-state index contributed by atoms with van der Waals surface area (Å²) in [5, 5.41) is 27.1. The minimum absolute atomic E-state index is 0.452. The topological polar surface area (TPSA) is 104 Å². The van der Waals surface area contributed by atoms with E-state index in [0.717, 1.165) is 19.2 Å². The van der Waals surface area contributed by atoms with Gasteiger partial charge in [0.15, 0.2) is 6.10 Å². The predicted octanol–water partition coefficient (Wildman–Crippen LogP) is 0.0912. The second kappa shape index (κ2) is 5.56. The number of carbonyl (C=O) groups is 2. The number of carboxylic acids is 1. The Morgan fingerprint density at radius 3 is 2.44 bits per heavy atom. The van der Waals surface area contributed by atoms with Crippen LogP contribution in [0.15, 0.2) is 18.2 Å². The fraction of sp³-hybridized carbons (Fsp3) is 0.273. The van der Waals surface area contributed by atoms with E-state index in [1.165, 1.54) is 6.07 Å². The first-order chi connectivity index (χ1) is 8.40. The third-order valence-corrected chi connectivity index (χ3v) is 2.30. The molecule has 0 aliphatic carbocycles. The Balaban J connectivity index is 3.18. The number of halogens is 1. The SMILES string of the molecule is COC(=O)c1cccc(C(O)C(O)C(=O)O)c1F. The van der Waals surface area contributed by atoms with Crippen LogP contribution in [0.3, 0.4) is 0 Å². The van der Waals surface area contributed by atoms with E-state index in [4.69, 9.17) is 10.2 Å². The Bertz CT molecular complexity index is 473. The number of aliphatic carboxylic acids is 1. The molecule has 0 aliphatic heterocycles. The van der Waals surface area contributed by atoms with Crippen LogP contribution in [0.2, 0.25) is 0 Å². The summed E-state index contributed by atoms with van der Waals surface area (Å²) >= 11 is 0. The molecule has 1 aromatic carbocycles. The van der Waals surface area contributed by atoms with Crippen molar-refractivity contribution in [2.75, 3.05) is 7.11 Å². The highest BCUT2D eigenvalue weighted by Crippen LogP contribution is 2.23. The van der Waals surface area contributed by atoms with Gasteiger partial charge in [0, 0.05) is 5.56 Å². The van der Waals surface area contributed by atoms with Gasteiger partial charge in [0.25, 0.3) is 0 Å². The Labute approximate surface area is 101 Å². The minimum Gasteiger partial charge on any atom is -0.479 e. The normalized spacial score (nSPS) is 13.8. The quantitative estimate of drug-likeness (QED) is 0.661. The van der Waals surface area contributed by atoms with Gasteiger partial charge in [-0.15, -0.1) is 0 Å². The molecule has 7 heteroatoms. The standard InChI is InChI=1S/C11H11FO6/c1-18-11(17)6-4-2-3-5(7(6)12)8(13)9(14)10(15)16/h2-4,8-9,13-14H,1H3,(H,15,16). The molecule has 2 unspecified atom stereocenters. The van der Waals surface area contributed by atoms with Crippen molar-refractivity contribution >= 4 is 11.9 Å². The first-order valence-corrected chi connectivity index (χ1v) is 4.85. The molecule has 0 saturated heterocycles. The zero-order valence-electron chi connectivity index (χ0n) is 9.33. The van der Waals surface area contributed by atoms with Crippen molar-refractivity contribution in [1.82, 2.24) is 0 Å². The molecule has 0 aliphatic rings. The van der Waals surface area contributed by atoms with Crippen molar-refractivity contribution in [3.05, 3.63) is 35.1 Å². The van der Waals surface area contributed by atoms with Crippen molar-refractivity contribution in [2.45, 2.75) is 12.2 Å². The van der Waals surface area contributed by atoms with Crippen LogP contribution >= 0.6 is 0 Å². The molecule has 18 heavy (non-hydrogen) atoms. The summed E-state index contributed by atoms with van der Waals surface area (Å²) in [6.45, 7) is 0. The van der Waals surface area contributed by atoms with E-state index < -0.39 is 41.1 Å². The number of carboxylic acid groups (broad SMARTS) is 1. The average molecular weight is 258 g/mol. The van der Waals surface area contributed by atoms with Crippen molar-refractivity contribution < 1.29 is 34.0 Å². The molecule has 6 nitrogen and oxygen atoms in total. The average Bonchev–Trinajstić information content (AvgIpc) is 2.36. The monoisotopic (exact) mass is 258 g/mol. The molecule has 2 atom stereocenters. The van der Waals surface area contributed by atoms with E-state index in [2.05, 4.69) is 4.74 Å². The number of hydrogen-bond acceptors (Lipinski definition) is 5. The van der Waals surface area contributed by atoms with E-state index in [1.807, 2.05) is 0 Å². The summed E-state index contributed by atoms with van der Waals surface area (Å²) in [5.41, 5.74) is -0.945. The summed E-state index contributed by atoms with van der Waals surface area (Å²) in [6, 6.07) is 3.42. The van der Waals surface area contributed by atoms with Crippen molar-refractivity contribution in [3.8, 4) is 0 Å². The van der Waals surface area contributed by atoms with Crippen LogP contribution in [0.5, 0.6) is 0 Å². The van der Waals surface area contributed by atoms with Crippen molar-refractivity contribution in [3.63, 3.8) is 0 Å². The molecule has 0 fully saturated rings. The lowest BCUT2D eigenvalue weighted by Crippen LogP contribution is -2.28. The number of aliphatic hydroxyl groups excluding tert-OH is 2. The van der Waals surface area contributed by atoms with E-state index in [1.54, 1.807) is 0 Å². The molecule has 0 heterocycles. The van der Waals surface area contributed by atoms with Crippen LogP contribution in [0.25, 0.3) is 0 Å². The highest BCUT2D eigenvalue weighted by atomic mass is 19.1. The highest BCUT2D eigenvalue weighted by molar-refractivity contribution is 5.90. The molecular weight excluding hydrogens is 247 g/mol. The number of esters is 1. The smallest absolute Gasteiger partial charge is 0.340 e. The van der Waals surface area contributed by atoms with E-state index >= 15 is 0 Å². The summed E-state index contributed by atoms with van der Waals surface area (Å²) in [6.07, 6.45) is -4.17. The van der Waals surface area contributed by atoms with Crippen LogP contribution in [-0.2, 0) is 9.53 Å². The van der Waals surface area contributed by atoms with E-state index in [0.29, 0.717) is 0 Å². The number of aliphatic hydroxyl groups is 2. The number of ether oxygens (including phenoxy) is 1. The molecular formula is C11H11FO6. The molecule has 0 saturated carbocycles.